The third-order valence-electron chi connectivity index (χ3n) is 4.99. The van der Waals surface area contributed by atoms with E-state index in [1.165, 1.54) is 12.1 Å². The number of carboxylic acid groups (broad SMARTS) is 1. The molecule has 0 aliphatic carbocycles. The van der Waals surface area contributed by atoms with E-state index >= 15 is 0 Å². The maximum atomic E-state index is 13.5. The Labute approximate surface area is 203 Å². The van der Waals surface area contributed by atoms with Crippen LogP contribution in [0.2, 0.25) is 0 Å². The van der Waals surface area contributed by atoms with Gasteiger partial charge in [-0.1, -0.05) is 36.4 Å². The largest absolute Gasteiger partial charge is 1.00 e. The van der Waals surface area contributed by atoms with E-state index < -0.39 is 24.6 Å². The molecule has 2 aromatic carbocycles. The van der Waals surface area contributed by atoms with Gasteiger partial charge in [0.05, 0.1) is 12.2 Å². The molecular weight excluding hydrogens is 408 g/mol. The molecule has 0 radical (unpaired) electrons. The summed E-state index contributed by atoms with van der Waals surface area (Å²) >= 11 is 0. The number of rotatable bonds is 8. The summed E-state index contributed by atoms with van der Waals surface area (Å²) in [6.45, 7) is 4.11. The first kappa shape index (κ1) is 25.3. The van der Waals surface area contributed by atoms with Gasteiger partial charge in [-0.2, -0.15) is 0 Å². The number of hydrogen-bond donors (Lipinski definition) is 2. The van der Waals surface area contributed by atoms with Crippen molar-refractivity contribution in [2.75, 3.05) is 0 Å². The molecule has 0 fully saturated rings. The number of halogens is 1. The van der Waals surface area contributed by atoms with Crippen LogP contribution in [0.15, 0.2) is 54.6 Å². The van der Waals surface area contributed by atoms with Crippen molar-refractivity contribution in [3.05, 3.63) is 66.1 Å². The van der Waals surface area contributed by atoms with Gasteiger partial charge in [0.2, 0.25) is 0 Å². The Morgan fingerprint density at radius 1 is 1.13 bits per heavy atom. The molecule has 0 aliphatic rings. The number of nitrogens with zero attached hydrogens (tertiary/aromatic N) is 1. The summed E-state index contributed by atoms with van der Waals surface area (Å²) in [7, 11) is 0. The molecule has 2 atom stereocenters. The Morgan fingerprint density at radius 3 is 2.39 bits per heavy atom. The van der Waals surface area contributed by atoms with Gasteiger partial charge in [0, 0.05) is 47.0 Å². The number of aliphatic hydroxyl groups excluding tert-OH is 2. The summed E-state index contributed by atoms with van der Waals surface area (Å²) in [5.41, 5.74) is 3.61. The van der Waals surface area contributed by atoms with Gasteiger partial charge in [-0.05, 0) is 43.7 Å². The summed E-state index contributed by atoms with van der Waals surface area (Å²) in [6, 6.07) is 14.3. The van der Waals surface area contributed by atoms with Crippen LogP contribution in [0.3, 0.4) is 0 Å². The zero-order valence-electron chi connectivity index (χ0n) is 18.0. The average Bonchev–Trinajstić information content (AvgIpc) is 3.00. The summed E-state index contributed by atoms with van der Waals surface area (Å²) in [6.07, 6.45) is 0.450. The average molecular weight is 433 g/mol. The van der Waals surface area contributed by atoms with E-state index in [1.807, 2.05) is 24.3 Å². The van der Waals surface area contributed by atoms with Crippen LogP contribution in [0.1, 0.15) is 38.4 Å². The number of carbonyl (C=O) groups excluding carboxylic acids is 1. The van der Waals surface area contributed by atoms with Gasteiger partial charge in [0.15, 0.2) is 0 Å². The van der Waals surface area contributed by atoms with Crippen LogP contribution in [0.4, 0.5) is 4.39 Å². The summed E-state index contributed by atoms with van der Waals surface area (Å²) in [5.74, 6) is -1.68. The van der Waals surface area contributed by atoms with Gasteiger partial charge < -0.3 is 24.7 Å². The van der Waals surface area contributed by atoms with E-state index in [0.717, 1.165) is 27.7 Å². The zero-order chi connectivity index (χ0) is 21.8. The molecule has 0 unspecified atom stereocenters. The molecule has 2 N–H and O–H groups in total. The van der Waals surface area contributed by atoms with Gasteiger partial charge in [-0.3, -0.25) is 0 Å². The number of hydrogen-bond acceptors (Lipinski definition) is 4. The van der Waals surface area contributed by atoms with Gasteiger partial charge in [0.25, 0.3) is 0 Å². The van der Waals surface area contributed by atoms with E-state index in [-0.39, 0.29) is 47.8 Å². The Balaban J connectivity index is 0.00000341. The predicted octanol–water partition coefficient (Wildman–Crippen LogP) is 0.297. The van der Waals surface area contributed by atoms with Crippen LogP contribution in [-0.2, 0) is 4.79 Å². The SMILES string of the molecule is CC(C)n1c(/C=C\[C@@H](O)C[C@@H](O)CC(=O)[O-])c(-c2ccc(F)cc2)c2ccccc21.[Na+]. The smallest absolute Gasteiger partial charge is 0.550 e. The van der Waals surface area contributed by atoms with E-state index in [4.69, 9.17) is 0 Å². The molecule has 0 spiro atoms. The number of carbonyl (C=O) groups is 1. The van der Waals surface area contributed by atoms with Crippen molar-refractivity contribution in [2.45, 2.75) is 44.9 Å². The van der Waals surface area contributed by atoms with Crippen LogP contribution in [-0.4, -0.2) is 33.0 Å². The van der Waals surface area contributed by atoms with E-state index in [9.17, 15) is 24.5 Å². The number of aliphatic hydroxyl groups is 2. The van der Waals surface area contributed by atoms with Gasteiger partial charge >= 0.3 is 29.6 Å². The molecule has 1 heterocycles. The minimum Gasteiger partial charge on any atom is -0.550 e. The Hall–Kier alpha value is -1.96. The van der Waals surface area contributed by atoms with Crippen molar-refractivity contribution in [1.82, 2.24) is 4.57 Å². The van der Waals surface area contributed by atoms with E-state index in [0.29, 0.717) is 0 Å². The van der Waals surface area contributed by atoms with Crippen LogP contribution in [0.25, 0.3) is 28.1 Å². The van der Waals surface area contributed by atoms with E-state index in [2.05, 4.69) is 18.4 Å². The van der Waals surface area contributed by atoms with Gasteiger partial charge in [-0.25, -0.2) is 4.39 Å². The minimum absolute atomic E-state index is 0. The summed E-state index contributed by atoms with van der Waals surface area (Å²) in [4.78, 5) is 10.6. The normalized spacial score (nSPS) is 13.5. The van der Waals surface area contributed by atoms with Crippen LogP contribution >= 0.6 is 0 Å². The molecule has 0 aliphatic heterocycles. The Bertz CT molecular complexity index is 1060. The van der Waals surface area contributed by atoms with Crippen molar-refractivity contribution in [3.8, 4) is 11.1 Å². The molecule has 0 amide bonds. The monoisotopic (exact) mass is 433 g/mol. The molecule has 1 aromatic heterocycles. The Morgan fingerprint density at radius 2 is 1.77 bits per heavy atom. The second-order valence-electron chi connectivity index (χ2n) is 7.64. The van der Waals surface area contributed by atoms with Crippen LogP contribution in [0.5, 0.6) is 0 Å². The molecule has 0 saturated carbocycles. The van der Waals surface area contributed by atoms with Crippen molar-refractivity contribution in [1.29, 1.82) is 0 Å². The minimum atomic E-state index is -1.36. The summed E-state index contributed by atoms with van der Waals surface area (Å²) in [5, 5.41) is 31.6. The standard InChI is InChI=1S/C24H26FNO4.Na/c1-15(2)26-21-6-4-3-5-20(21)24(16-7-9-17(25)10-8-16)22(26)12-11-18(27)13-19(28)14-23(29)30;/h3-12,15,18-19,27-28H,13-14H2,1-2H3,(H,29,30);/q;+1/p-1/b12-11-;/t18-,19-;/m1./s1. The predicted molar refractivity (Wildman–Crippen MR) is 113 cm³/mol. The fraction of sp³-hybridized carbons (Fsp3) is 0.292. The third-order valence-corrected chi connectivity index (χ3v) is 4.99. The molecule has 5 nitrogen and oxygen atoms in total. The quantitative estimate of drug-likeness (QED) is 0.501. The van der Waals surface area contributed by atoms with Crippen molar-refractivity contribution in [2.24, 2.45) is 0 Å². The first-order valence-electron chi connectivity index (χ1n) is 9.91. The van der Waals surface area contributed by atoms with Crippen molar-refractivity contribution >= 4 is 22.9 Å². The number of aliphatic carboxylic acids is 1. The number of benzene rings is 2. The van der Waals surface area contributed by atoms with Crippen LogP contribution < -0.4 is 34.7 Å². The first-order chi connectivity index (χ1) is 14.3. The fourth-order valence-corrected chi connectivity index (χ4v) is 3.76. The number of carboxylic acids is 1. The molecule has 3 rings (SSSR count). The summed E-state index contributed by atoms with van der Waals surface area (Å²) < 4.78 is 15.6. The maximum absolute atomic E-state index is 13.5. The Kier molecular flexibility index (Phi) is 9.03. The molecule has 31 heavy (non-hydrogen) atoms. The second-order valence-corrected chi connectivity index (χ2v) is 7.64. The maximum Gasteiger partial charge on any atom is 1.00 e. The number of aromatic nitrogens is 1. The van der Waals surface area contributed by atoms with E-state index in [1.54, 1.807) is 24.3 Å². The van der Waals surface area contributed by atoms with Gasteiger partial charge in [0.1, 0.15) is 5.82 Å². The first-order valence-corrected chi connectivity index (χ1v) is 9.91. The molecule has 0 bridgehead atoms. The second kappa shape index (κ2) is 11.1. The fourth-order valence-electron chi connectivity index (χ4n) is 3.76. The van der Waals surface area contributed by atoms with Crippen LogP contribution in [0, 0.1) is 5.82 Å². The third kappa shape index (κ3) is 6.05. The zero-order valence-corrected chi connectivity index (χ0v) is 20.0. The number of fused-ring (bicyclic) bond motifs is 1. The molecular formula is C24H25FNNaO4. The molecule has 3 aromatic rings. The molecule has 7 heteroatoms. The van der Waals surface area contributed by atoms with Crippen molar-refractivity contribution < 1.29 is 54.1 Å². The molecule has 158 valence electrons. The number of para-hydroxylation sites is 1. The van der Waals surface area contributed by atoms with Gasteiger partial charge in [-0.15, -0.1) is 0 Å². The molecule has 0 saturated heterocycles. The topological polar surface area (TPSA) is 85.5 Å². The van der Waals surface area contributed by atoms with Crippen molar-refractivity contribution in [3.63, 3.8) is 0 Å².